The van der Waals surface area contributed by atoms with E-state index in [1.165, 1.54) is 37.7 Å². The number of nitrogens with zero attached hydrogens (tertiary/aromatic N) is 2. The number of amides is 1. The van der Waals surface area contributed by atoms with Crippen molar-refractivity contribution in [1.29, 1.82) is 0 Å². The van der Waals surface area contributed by atoms with Gasteiger partial charge in [-0.3, -0.25) is 9.48 Å². The summed E-state index contributed by atoms with van der Waals surface area (Å²) in [7, 11) is 0. The summed E-state index contributed by atoms with van der Waals surface area (Å²) in [5.74, 6) is -0.0334. The average Bonchev–Trinajstić information content (AvgIpc) is 3.33. The first-order valence-electron chi connectivity index (χ1n) is 11.4. The van der Waals surface area contributed by atoms with Gasteiger partial charge >= 0.3 is 0 Å². The zero-order chi connectivity index (χ0) is 21.3. The molecule has 1 fully saturated rings. The Balaban J connectivity index is 1.31. The summed E-state index contributed by atoms with van der Waals surface area (Å²) in [5.41, 5.74) is 3.86. The molecule has 3 aromatic rings. The van der Waals surface area contributed by atoms with Crippen LogP contribution in [0.3, 0.4) is 0 Å². The van der Waals surface area contributed by atoms with Crippen molar-refractivity contribution in [2.75, 3.05) is 13.2 Å². The van der Waals surface area contributed by atoms with Gasteiger partial charge in [0.15, 0.2) is 0 Å². The molecule has 1 amide bonds. The molecule has 5 nitrogen and oxygen atoms in total. The molecule has 0 unspecified atom stereocenters. The minimum atomic E-state index is -0.0334. The molecule has 162 valence electrons. The second kappa shape index (κ2) is 10.9. The first-order valence-corrected chi connectivity index (χ1v) is 11.4. The normalized spacial score (nSPS) is 14.5. The van der Waals surface area contributed by atoms with Crippen LogP contribution in [0.4, 0.5) is 0 Å². The summed E-state index contributed by atoms with van der Waals surface area (Å²) in [6.07, 6.45) is 11.3. The molecule has 0 atom stereocenters. The van der Waals surface area contributed by atoms with Crippen molar-refractivity contribution in [3.8, 4) is 11.1 Å². The van der Waals surface area contributed by atoms with Gasteiger partial charge in [0.2, 0.25) is 0 Å². The maximum atomic E-state index is 12.8. The fourth-order valence-corrected chi connectivity index (χ4v) is 4.15. The van der Waals surface area contributed by atoms with Crippen LogP contribution < -0.4 is 5.32 Å². The Labute approximate surface area is 184 Å². The number of carbonyl (C=O) groups excluding carboxylic acids is 1. The minimum absolute atomic E-state index is 0.0334. The first-order chi connectivity index (χ1) is 15.3. The highest BCUT2D eigenvalue weighted by molar-refractivity contribution is 6.00. The Morgan fingerprint density at radius 2 is 1.84 bits per heavy atom. The van der Waals surface area contributed by atoms with E-state index in [0.29, 0.717) is 24.8 Å². The van der Waals surface area contributed by atoms with E-state index < -0.39 is 0 Å². The van der Waals surface area contributed by atoms with E-state index in [2.05, 4.69) is 34.7 Å². The molecule has 1 aliphatic carbocycles. The lowest BCUT2D eigenvalue weighted by molar-refractivity contribution is 0.0273. The molecule has 0 spiro atoms. The van der Waals surface area contributed by atoms with E-state index in [4.69, 9.17) is 4.74 Å². The van der Waals surface area contributed by atoms with Crippen molar-refractivity contribution in [2.45, 2.75) is 51.2 Å². The van der Waals surface area contributed by atoms with Crippen LogP contribution in [0.1, 0.15) is 54.4 Å². The average molecular weight is 418 g/mol. The van der Waals surface area contributed by atoms with Crippen molar-refractivity contribution >= 4 is 5.91 Å². The van der Waals surface area contributed by atoms with Crippen LogP contribution in [-0.2, 0) is 11.3 Å². The van der Waals surface area contributed by atoms with E-state index in [-0.39, 0.29) is 5.91 Å². The molecule has 0 bridgehead atoms. The molecule has 0 radical (unpaired) electrons. The molecule has 5 heteroatoms. The van der Waals surface area contributed by atoms with Gasteiger partial charge in [0.1, 0.15) is 0 Å². The molecule has 1 saturated carbocycles. The van der Waals surface area contributed by atoms with Gasteiger partial charge in [-0.1, -0.05) is 61.7 Å². The quantitative estimate of drug-likeness (QED) is 0.495. The number of nitrogens with one attached hydrogen (secondary N) is 1. The van der Waals surface area contributed by atoms with Gasteiger partial charge in [-0.15, -0.1) is 0 Å². The van der Waals surface area contributed by atoms with E-state index in [1.54, 1.807) is 6.20 Å². The van der Waals surface area contributed by atoms with Crippen LogP contribution in [0, 0.1) is 0 Å². The number of rotatable bonds is 9. The Bertz CT molecular complexity index is 945. The zero-order valence-corrected chi connectivity index (χ0v) is 18.0. The van der Waals surface area contributed by atoms with Crippen LogP contribution in [0.5, 0.6) is 0 Å². The highest BCUT2D eigenvalue weighted by Gasteiger charge is 2.14. The number of ether oxygens (including phenoxy) is 1. The number of carbonyl (C=O) groups is 1. The van der Waals surface area contributed by atoms with Crippen molar-refractivity contribution in [3.05, 3.63) is 78.1 Å². The van der Waals surface area contributed by atoms with Crippen LogP contribution in [0.2, 0.25) is 0 Å². The molecule has 2 aromatic carbocycles. The maximum absolute atomic E-state index is 12.8. The number of benzene rings is 2. The lowest BCUT2D eigenvalue weighted by Crippen LogP contribution is -2.26. The highest BCUT2D eigenvalue weighted by atomic mass is 16.5. The third kappa shape index (κ3) is 6.05. The van der Waals surface area contributed by atoms with Crippen LogP contribution >= 0.6 is 0 Å². The molecule has 1 aromatic heterocycles. The Hall–Kier alpha value is -2.92. The standard InChI is InChI=1S/C26H31N3O2/c30-26(27-16-7-19-31-23-8-2-1-3-9-23)25-11-5-4-10-24(25)22-14-12-21(13-15-22)20-29-18-6-17-28-29/h4-6,10-15,17-18,23H,1-3,7-9,16,19-20H2,(H,27,30). The molecule has 0 aliphatic heterocycles. The van der Waals surface area contributed by atoms with Gasteiger partial charge in [0.25, 0.3) is 5.91 Å². The Kier molecular flexibility index (Phi) is 7.51. The number of aromatic nitrogens is 2. The molecule has 1 N–H and O–H groups in total. The van der Waals surface area contributed by atoms with E-state index in [9.17, 15) is 4.79 Å². The van der Waals surface area contributed by atoms with Crippen LogP contribution in [0.25, 0.3) is 11.1 Å². The second-order valence-corrected chi connectivity index (χ2v) is 8.19. The molecule has 0 saturated heterocycles. The predicted molar refractivity (Wildman–Crippen MR) is 123 cm³/mol. The van der Waals surface area contributed by atoms with E-state index in [0.717, 1.165) is 24.1 Å². The summed E-state index contributed by atoms with van der Waals surface area (Å²) in [6.45, 7) is 2.07. The zero-order valence-electron chi connectivity index (χ0n) is 18.0. The molecular formula is C26H31N3O2. The summed E-state index contributed by atoms with van der Waals surface area (Å²) in [6, 6.07) is 18.0. The number of hydrogen-bond donors (Lipinski definition) is 1. The Morgan fingerprint density at radius 3 is 2.61 bits per heavy atom. The van der Waals surface area contributed by atoms with Gasteiger partial charge in [-0.25, -0.2) is 0 Å². The summed E-state index contributed by atoms with van der Waals surface area (Å²) < 4.78 is 7.85. The fourth-order valence-electron chi connectivity index (χ4n) is 4.15. The molecule has 31 heavy (non-hydrogen) atoms. The first kappa shape index (κ1) is 21.3. The SMILES string of the molecule is O=C(NCCCOC1CCCCC1)c1ccccc1-c1ccc(Cn2cccn2)cc1. The highest BCUT2D eigenvalue weighted by Crippen LogP contribution is 2.24. The van der Waals surface area contributed by atoms with Gasteiger partial charge in [0.05, 0.1) is 12.6 Å². The van der Waals surface area contributed by atoms with Crippen LogP contribution in [-0.4, -0.2) is 34.9 Å². The van der Waals surface area contributed by atoms with Crippen LogP contribution in [0.15, 0.2) is 67.0 Å². The third-order valence-corrected chi connectivity index (χ3v) is 5.85. The van der Waals surface area contributed by atoms with Gasteiger partial charge < -0.3 is 10.1 Å². The molecule has 4 rings (SSSR count). The number of hydrogen-bond acceptors (Lipinski definition) is 3. The van der Waals surface area contributed by atoms with Crippen molar-refractivity contribution in [1.82, 2.24) is 15.1 Å². The van der Waals surface area contributed by atoms with E-state index >= 15 is 0 Å². The second-order valence-electron chi connectivity index (χ2n) is 8.19. The topological polar surface area (TPSA) is 56.1 Å². The smallest absolute Gasteiger partial charge is 0.251 e. The summed E-state index contributed by atoms with van der Waals surface area (Å²) in [5, 5.41) is 7.31. The maximum Gasteiger partial charge on any atom is 0.251 e. The van der Waals surface area contributed by atoms with Crippen molar-refractivity contribution in [3.63, 3.8) is 0 Å². The predicted octanol–water partition coefficient (Wildman–Crippen LogP) is 5.07. The fraction of sp³-hybridized carbons (Fsp3) is 0.385. The van der Waals surface area contributed by atoms with Crippen molar-refractivity contribution in [2.24, 2.45) is 0 Å². The molecular weight excluding hydrogens is 386 g/mol. The minimum Gasteiger partial charge on any atom is -0.378 e. The monoisotopic (exact) mass is 417 g/mol. The summed E-state index contributed by atoms with van der Waals surface area (Å²) >= 11 is 0. The van der Waals surface area contributed by atoms with Gasteiger partial charge in [0, 0.05) is 31.1 Å². The Morgan fingerprint density at radius 1 is 1.03 bits per heavy atom. The summed E-state index contributed by atoms with van der Waals surface area (Å²) in [4.78, 5) is 12.8. The van der Waals surface area contributed by atoms with Gasteiger partial charge in [-0.2, -0.15) is 5.10 Å². The van der Waals surface area contributed by atoms with Gasteiger partial charge in [-0.05, 0) is 48.1 Å². The van der Waals surface area contributed by atoms with E-state index in [1.807, 2.05) is 41.2 Å². The molecule has 1 heterocycles. The largest absolute Gasteiger partial charge is 0.378 e. The lowest BCUT2D eigenvalue weighted by atomic mass is 9.98. The van der Waals surface area contributed by atoms with Crippen molar-refractivity contribution < 1.29 is 9.53 Å². The molecule has 1 aliphatic rings. The lowest BCUT2D eigenvalue weighted by Gasteiger charge is -2.21. The third-order valence-electron chi connectivity index (χ3n) is 5.85.